The van der Waals surface area contributed by atoms with Crippen molar-refractivity contribution in [1.29, 1.82) is 0 Å². The first-order chi connectivity index (χ1) is 15.9. The van der Waals surface area contributed by atoms with Crippen molar-refractivity contribution in [2.24, 2.45) is 0 Å². The van der Waals surface area contributed by atoms with E-state index in [-0.39, 0.29) is 0 Å². The van der Waals surface area contributed by atoms with Gasteiger partial charge in [0.05, 0.1) is 11.4 Å². The predicted octanol–water partition coefficient (Wildman–Crippen LogP) is 7.78. The Morgan fingerprint density at radius 3 is 1.25 bits per heavy atom. The standard InChI is InChI=1S/C30H20N2/c1-3-11-23-21(9-1)15-17-25(27-13-5-7-19-31-27)29(23)30-24-12-4-2-10-22(24)16-18-26(30)28-14-6-8-20-32-28/h1-20H. The molecule has 6 rings (SSSR count). The van der Waals surface area contributed by atoms with Crippen LogP contribution in [0.2, 0.25) is 0 Å². The molecule has 0 bridgehead atoms. The maximum atomic E-state index is 4.71. The van der Waals surface area contributed by atoms with E-state index in [4.69, 9.17) is 9.97 Å². The highest BCUT2D eigenvalue weighted by Gasteiger charge is 2.19. The smallest absolute Gasteiger partial charge is 0.0708 e. The summed E-state index contributed by atoms with van der Waals surface area (Å²) in [7, 11) is 0. The van der Waals surface area contributed by atoms with Crippen LogP contribution in [-0.2, 0) is 0 Å². The van der Waals surface area contributed by atoms with Gasteiger partial charge in [0, 0.05) is 34.6 Å². The van der Waals surface area contributed by atoms with E-state index in [0.29, 0.717) is 0 Å². The van der Waals surface area contributed by atoms with Crippen LogP contribution in [0.15, 0.2) is 122 Å². The summed E-state index contributed by atoms with van der Waals surface area (Å²) in [5.41, 5.74) is 6.57. The fourth-order valence-electron chi connectivity index (χ4n) is 4.55. The molecule has 32 heavy (non-hydrogen) atoms. The zero-order valence-corrected chi connectivity index (χ0v) is 17.4. The quantitative estimate of drug-likeness (QED) is 0.299. The van der Waals surface area contributed by atoms with Gasteiger partial charge in [0.25, 0.3) is 0 Å². The first kappa shape index (κ1) is 18.5. The SMILES string of the molecule is c1ccc(-c2ccc3ccccc3c2-c2c(-c3ccccn3)ccc3ccccc23)nc1. The van der Waals surface area contributed by atoms with Gasteiger partial charge < -0.3 is 0 Å². The molecule has 2 heteroatoms. The molecule has 0 atom stereocenters. The number of nitrogens with zero attached hydrogens (tertiary/aromatic N) is 2. The van der Waals surface area contributed by atoms with Gasteiger partial charge in [0.1, 0.15) is 0 Å². The van der Waals surface area contributed by atoms with Crippen LogP contribution in [0, 0.1) is 0 Å². The van der Waals surface area contributed by atoms with E-state index in [1.165, 1.54) is 32.7 Å². The van der Waals surface area contributed by atoms with Gasteiger partial charge in [0.2, 0.25) is 0 Å². The first-order valence-corrected chi connectivity index (χ1v) is 10.8. The lowest BCUT2D eigenvalue weighted by Crippen LogP contribution is -1.95. The summed E-state index contributed by atoms with van der Waals surface area (Å²) >= 11 is 0. The summed E-state index contributed by atoms with van der Waals surface area (Å²) in [5.74, 6) is 0. The lowest BCUT2D eigenvalue weighted by molar-refractivity contribution is 1.32. The first-order valence-electron chi connectivity index (χ1n) is 10.8. The lowest BCUT2D eigenvalue weighted by Gasteiger charge is -2.19. The minimum Gasteiger partial charge on any atom is -0.256 e. The minimum atomic E-state index is 0.966. The largest absolute Gasteiger partial charge is 0.256 e. The Morgan fingerprint density at radius 1 is 0.375 bits per heavy atom. The number of benzene rings is 4. The van der Waals surface area contributed by atoms with Crippen LogP contribution in [0.1, 0.15) is 0 Å². The molecule has 0 spiro atoms. The lowest BCUT2D eigenvalue weighted by atomic mass is 9.85. The highest BCUT2D eigenvalue weighted by atomic mass is 14.7. The van der Waals surface area contributed by atoms with Crippen molar-refractivity contribution in [3.05, 3.63) is 122 Å². The number of aromatic nitrogens is 2. The fraction of sp³-hybridized carbons (Fsp3) is 0. The second-order valence-electron chi connectivity index (χ2n) is 7.85. The van der Waals surface area contributed by atoms with Gasteiger partial charge >= 0.3 is 0 Å². The molecule has 0 saturated heterocycles. The van der Waals surface area contributed by atoms with Crippen LogP contribution in [0.3, 0.4) is 0 Å². The van der Waals surface area contributed by atoms with Gasteiger partial charge in [-0.2, -0.15) is 0 Å². The summed E-state index contributed by atoms with van der Waals surface area (Å²) in [4.78, 5) is 9.42. The van der Waals surface area contributed by atoms with Crippen LogP contribution < -0.4 is 0 Å². The van der Waals surface area contributed by atoms with E-state index in [2.05, 4.69) is 84.9 Å². The molecule has 2 aromatic heterocycles. The fourth-order valence-corrected chi connectivity index (χ4v) is 4.55. The number of rotatable bonds is 3. The van der Waals surface area contributed by atoms with E-state index in [1.807, 2.05) is 36.7 Å². The van der Waals surface area contributed by atoms with Crippen molar-refractivity contribution >= 4 is 21.5 Å². The molecule has 2 heterocycles. The Morgan fingerprint density at radius 2 is 0.812 bits per heavy atom. The molecule has 0 amide bonds. The number of pyridine rings is 2. The third kappa shape index (κ3) is 3.05. The maximum absolute atomic E-state index is 4.71. The van der Waals surface area contributed by atoms with Crippen LogP contribution in [-0.4, -0.2) is 9.97 Å². The summed E-state index contributed by atoms with van der Waals surface area (Å²) in [6.07, 6.45) is 3.72. The molecule has 0 aliphatic rings. The average Bonchev–Trinajstić information content (AvgIpc) is 2.88. The van der Waals surface area contributed by atoms with Crippen molar-refractivity contribution in [1.82, 2.24) is 9.97 Å². The summed E-state index contributed by atoms with van der Waals surface area (Å²) in [5, 5.41) is 4.84. The van der Waals surface area contributed by atoms with Crippen molar-refractivity contribution in [3.63, 3.8) is 0 Å². The summed E-state index contributed by atoms with van der Waals surface area (Å²) in [6.45, 7) is 0. The van der Waals surface area contributed by atoms with Crippen LogP contribution >= 0.6 is 0 Å². The molecule has 0 aliphatic heterocycles. The number of fused-ring (bicyclic) bond motifs is 2. The molecule has 0 fully saturated rings. The maximum Gasteiger partial charge on any atom is 0.0708 e. The number of hydrogen-bond acceptors (Lipinski definition) is 2. The Balaban J connectivity index is 1.82. The molecule has 0 radical (unpaired) electrons. The van der Waals surface area contributed by atoms with E-state index < -0.39 is 0 Å². The normalized spacial score (nSPS) is 11.1. The van der Waals surface area contributed by atoms with Crippen LogP contribution in [0.25, 0.3) is 55.2 Å². The molecular formula is C30H20N2. The topological polar surface area (TPSA) is 25.8 Å². The Labute approximate surface area is 186 Å². The predicted molar refractivity (Wildman–Crippen MR) is 133 cm³/mol. The molecule has 0 aliphatic carbocycles. The molecule has 0 N–H and O–H groups in total. The van der Waals surface area contributed by atoms with Crippen LogP contribution in [0.4, 0.5) is 0 Å². The van der Waals surface area contributed by atoms with E-state index in [9.17, 15) is 0 Å². The van der Waals surface area contributed by atoms with Gasteiger partial charge in [-0.05, 0) is 45.8 Å². The highest BCUT2D eigenvalue weighted by Crippen LogP contribution is 2.45. The van der Waals surface area contributed by atoms with Gasteiger partial charge in [-0.15, -0.1) is 0 Å². The molecule has 2 nitrogen and oxygen atoms in total. The number of hydrogen-bond donors (Lipinski definition) is 0. The molecule has 0 saturated carbocycles. The van der Waals surface area contributed by atoms with Crippen molar-refractivity contribution in [2.75, 3.05) is 0 Å². The van der Waals surface area contributed by atoms with E-state index in [0.717, 1.165) is 22.5 Å². The van der Waals surface area contributed by atoms with E-state index in [1.54, 1.807) is 0 Å². The Bertz CT molecular complexity index is 1430. The van der Waals surface area contributed by atoms with Crippen molar-refractivity contribution < 1.29 is 0 Å². The third-order valence-electron chi connectivity index (χ3n) is 5.99. The second kappa shape index (κ2) is 7.75. The zero-order chi connectivity index (χ0) is 21.3. The monoisotopic (exact) mass is 408 g/mol. The molecule has 6 aromatic rings. The van der Waals surface area contributed by atoms with Crippen molar-refractivity contribution in [3.8, 4) is 33.6 Å². The Hall–Kier alpha value is -4.30. The summed E-state index contributed by atoms with van der Waals surface area (Å²) < 4.78 is 0. The zero-order valence-electron chi connectivity index (χ0n) is 17.4. The van der Waals surface area contributed by atoms with Gasteiger partial charge in [-0.1, -0.05) is 84.9 Å². The molecular weight excluding hydrogens is 388 g/mol. The third-order valence-corrected chi connectivity index (χ3v) is 5.99. The minimum absolute atomic E-state index is 0.966. The molecule has 150 valence electrons. The highest BCUT2D eigenvalue weighted by molar-refractivity contribution is 6.14. The summed E-state index contributed by atoms with van der Waals surface area (Å²) in [6, 6.07) is 38.1. The molecule has 0 unspecified atom stereocenters. The van der Waals surface area contributed by atoms with Gasteiger partial charge in [0.15, 0.2) is 0 Å². The van der Waals surface area contributed by atoms with Gasteiger partial charge in [-0.25, -0.2) is 0 Å². The van der Waals surface area contributed by atoms with Crippen LogP contribution in [0.5, 0.6) is 0 Å². The molecule has 4 aromatic carbocycles. The Kier molecular flexibility index (Phi) is 4.47. The van der Waals surface area contributed by atoms with Crippen molar-refractivity contribution in [2.45, 2.75) is 0 Å². The average molecular weight is 409 g/mol. The second-order valence-corrected chi connectivity index (χ2v) is 7.85. The van der Waals surface area contributed by atoms with Gasteiger partial charge in [-0.3, -0.25) is 9.97 Å². The van der Waals surface area contributed by atoms with E-state index >= 15 is 0 Å².